The predicted octanol–water partition coefficient (Wildman–Crippen LogP) is 3.90. The Morgan fingerprint density at radius 2 is 1.64 bits per heavy atom. The summed E-state index contributed by atoms with van der Waals surface area (Å²) in [5, 5.41) is 0. The molecule has 3 nitrogen and oxygen atoms in total. The van der Waals surface area contributed by atoms with Crippen molar-refractivity contribution in [3.63, 3.8) is 0 Å². The fraction of sp³-hybridized carbons (Fsp3) is 0.333. The van der Waals surface area contributed by atoms with E-state index in [0.717, 1.165) is 30.3 Å². The smallest absolute Gasteiger partial charge is 0.127 e. The summed E-state index contributed by atoms with van der Waals surface area (Å²) in [5.74, 6) is 2.39. The van der Waals surface area contributed by atoms with E-state index in [1.807, 2.05) is 54.6 Å². The zero-order chi connectivity index (χ0) is 15.2. The van der Waals surface area contributed by atoms with Gasteiger partial charge in [0.15, 0.2) is 0 Å². The van der Waals surface area contributed by atoms with Gasteiger partial charge < -0.3 is 9.47 Å². The van der Waals surface area contributed by atoms with E-state index in [0.29, 0.717) is 19.6 Å². The highest BCUT2D eigenvalue weighted by atomic mass is 19.1. The average molecular weight is 301 g/mol. The molecule has 1 aliphatic heterocycles. The SMILES string of the molecule is F[C@H]1CCN(CCOc2ccc(Oc3ccccc3)cc2)C1. The second kappa shape index (κ2) is 7.27. The van der Waals surface area contributed by atoms with E-state index in [-0.39, 0.29) is 0 Å². The first-order valence-electron chi connectivity index (χ1n) is 7.62. The van der Waals surface area contributed by atoms with Crippen LogP contribution in [0.25, 0.3) is 0 Å². The number of alkyl halides is 1. The van der Waals surface area contributed by atoms with Crippen molar-refractivity contribution < 1.29 is 13.9 Å². The molecule has 0 spiro atoms. The second-order valence-electron chi connectivity index (χ2n) is 5.42. The quantitative estimate of drug-likeness (QED) is 0.807. The average Bonchev–Trinajstić information content (AvgIpc) is 2.96. The topological polar surface area (TPSA) is 21.7 Å². The summed E-state index contributed by atoms with van der Waals surface area (Å²) in [6.45, 7) is 2.70. The number of benzene rings is 2. The molecule has 2 aromatic rings. The third-order valence-corrected chi connectivity index (χ3v) is 3.69. The highest BCUT2D eigenvalue weighted by Crippen LogP contribution is 2.23. The Kier molecular flexibility index (Phi) is 4.91. The maximum atomic E-state index is 13.1. The molecule has 116 valence electrons. The van der Waals surface area contributed by atoms with Crippen LogP contribution < -0.4 is 9.47 Å². The van der Waals surface area contributed by atoms with Crippen molar-refractivity contribution in [3.8, 4) is 17.2 Å². The number of likely N-dealkylation sites (tertiary alicyclic amines) is 1. The Balaban J connectivity index is 1.45. The van der Waals surface area contributed by atoms with E-state index in [4.69, 9.17) is 9.47 Å². The van der Waals surface area contributed by atoms with Gasteiger partial charge in [0.2, 0.25) is 0 Å². The Morgan fingerprint density at radius 1 is 0.955 bits per heavy atom. The van der Waals surface area contributed by atoms with Gasteiger partial charge in [-0.1, -0.05) is 18.2 Å². The van der Waals surface area contributed by atoms with Gasteiger partial charge >= 0.3 is 0 Å². The molecule has 0 saturated carbocycles. The number of halogens is 1. The standard InChI is InChI=1S/C18H20FNO2/c19-15-10-11-20(14-15)12-13-21-16-6-8-18(9-7-16)22-17-4-2-1-3-5-17/h1-9,15H,10-14H2/t15-/m0/s1. The molecule has 1 heterocycles. The Morgan fingerprint density at radius 3 is 2.32 bits per heavy atom. The maximum absolute atomic E-state index is 13.1. The lowest BCUT2D eigenvalue weighted by Crippen LogP contribution is -2.26. The normalized spacial score (nSPS) is 18.3. The molecule has 1 aliphatic rings. The largest absolute Gasteiger partial charge is 0.492 e. The third kappa shape index (κ3) is 4.21. The van der Waals surface area contributed by atoms with Gasteiger partial charge in [0.1, 0.15) is 30.0 Å². The van der Waals surface area contributed by atoms with Crippen LogP contribution in [0, 0.1) is 0 Å². The summed E-state index contributed by atoms with van der Waals surface area (Å²) in [6.07, 6.45) is -0.0275. The zero-order valence-electron chi connectivity index (χ0n) is 12.5. The number of ether oxygens (including phenoxy) is 2. The van der Waals surface area contributed by atoms with Crippen LogP contribution in [0.3, 0.4) is 0 Å². The van der Waals surface area contributed by atoms with Crippen molar-refractivity contribution in [2.75, 3.05) is 26.2 Å². The first-order chi connectivity index (χ1) is 10.8. The molecule has 0 radical (unpaired) electrons. The van der Waals surface area contributed by atoms with E-state index in [2.05, 4.69) is 4.90 Å². The summed E-state index contributed by atoms with van der Waals surface area (Å²) in [7, 11) is 0. The van der Waals surface area contributed by atoms with Crippen LogP contribution in [0.4, 0.5) is 4.39 Å². The first kappa shape index (κ1) is 14.9. The molecule has 0 aliphatic carbocycles. The molecule has 4 heteroatoms. The number of para-hydroxylation sites is 1. The summed E-state index contributed by atoms with van der Waals surface area (Å²) in [6, 6.07) is 17.2. The lowest BCUT2D eigenvalue weighted by atomic mass is 10.3. The van der Waals surface area contributed by atoms with Crippen LogP contribution in [0.15, 0.2) is 54.6 Å². The van der Waals surface area contributed by atoms with E-state index in [1.165, 1.54) is 0 Å². The summed E-state index contributed by atoms with van der Waals surface area (Å²) in [4.78, 5) is 2.09. The molecule has 0 bridgehead atoms. The number of nitrogens with zero attached hydrogens (tertiary/aromatic N) is 1. The minimum atomic E-state index is -0.672. The number of rotatable bonds is 6. The molecular formula is C18H20FNO2. The first-order valence-corrected chi connectivity index (χ1v) is 7.62. The molecular weight excluding hydrogens is 281 g/mol. The number of hydrogen-bond donors (Lipinski definition) is 0. The molecule has 1 fully saturated rings. The summed E-state index contributed by atoms with van der Waals surface area (Å²) >= 11 is 0. The molecule has 2 aromatic carbocycles. The molecule has 0 amide bonds. The lowest BCUT2D eigenvalue weighted by molar-refractivity contribution is 0.224. The molecule has 0 aromatic heterocycles. The monoisotopic (exact) mass is 301 g/mol. The van der Waals surface area contributed by atoms with E-state index >= 15 is 0 Å². The van der Waals surface area contributed by atoms with Crippen molar-refractivity contribution in [1.29, 1.82) is 0 Å². The van der Waals surface area contributed by atoms with E-state index in [9.17, 15) is 4.39 Å². The van der Waals surface area contributed by atoms with Gasteiger partial charge in [-0.25, -0.2) is 4.39 Å². The third-order valence-electron chi connectivity index (χ3n) is 3.69. The van der Waals surface area contributed by atoms with Crippen molar-refractivity contribution in [3.05, 3.63) is 54.6 Å². The molecule has 1 atom stereocenters. The lowest BCUT2D eigenvalue weighted by Gasteiger charge is -2.15. The second-order valence-corrected chi connectivity index (χ2v) is 5.42. The molecule has 0 N–H and O–H groups in total. The van der Waals surface area contributed by atoms with Crippen LogP contribution >= 0.6 is 0 Å². The van der Waals surface area contributed by atoms with Crippen molar-refractivity contribution in [2.24, 2.45) is 0 Å². The molecule has 0 unspecified atom stereocenters. The summed E-state index contributed by atoms with van der Waals surface area (Å²) in [5.41, 5.74) is 0. The van der Waals surface area contributed by atoms with Crippen LogP contribution in [0.5, 0.6) is 17.2 Å². The molecule has 3 rings (SSSR count). The van der Waals surface area contributed by atoms with Crippen LogP contribution in [0.1, 0.15) is 6.42 Å². The van der Waals surface area contributed by atoms with Gasteiger partial charge in [-0.15, -0.1) is 0 Å². The van der Waals surface area contributed by atoms with Crippen LogP contribution in [-0.2, 0) is 0 Å². The van der Waals surface area contributed by atoms with Crippen molar-refractivity contribution >= 4 is 0 Å². The van der Waals surface area contributed by atoms with Crippen LogP contribution in [-0.4, -0.2) is 37.3 Å². The van der Waals surface area contributed by atoms with Gasteiger partial charge in [-0.3, -0.25) is 4.90 Å². The molecule has 1 saturated heterocycles. The number of hydrogen-bond acceptors (Lipinski definition) is 3. The van der Waals surface area contributed by atoms with Gasteiger partial charge in [0.05, 0.1) is 0 Å². The Bertz CT molecular complexity index is 573. The van der Waals surface area contributed by atoms with Gasteiger partial charge in [-0.2, -0.15) is 0 Å². The fourth-order valence-corrected chi connectivity index (χ4v) is 2.51. The fourth-order valence-electron chi connectivity index (χ4n) is 2.51. The Labute approximate surface area is 130 Å². The summed E-state index contributed by atoms with van der Waals surface area (Å²) < 4.78 is 24.5. The van der Waals surface area contributed by atoms with Gasteiger partial charge in [0, 0.05) is 19.6 Å². The van der Waals surface area contributed by atoms with Crippen molar-refractivity contribution in [2.45, 2.75) is 12.6 Å². The molecule has 22 heavy (non-hydrogen) atoms. The predicted molar refractivity (Wildman–Crippen MR) is 84.4 cm³/mol. The van der Waals surface area contributed by atoms with Crippen LogP contribution in [0.2, 0.25) is 0 Å². The van der Waals surface area contributed by atoms with E-state index in [1.54, 1.807) is 0 Å². The van der Waals surface area contributed by atoms with Gasteiger partial charge in [-0.05, 0) is 42.8 Å². The zero-order valence-corrected chi connectivity index (χ0v) is 12.5. The minimum Gasteiger partial charge on any atom is -0.492 e. The van der Waals surface area contributed by atoms with Crippen molar-refractivity contribution in [1.82, 2.24) is 4.90 Å². The highest BCUT2D eigenvalue weighted by molar-refractivity contribution is 5.35. The van der Waals surface area contributed by atoms with Gasteiger partial charge in [0.25, 0.3) is 0 Å². The highest BCUT2D eigenvalue weighted by Gasteiger charge is 2.20. The minimum absolute atomic E-state index is 0.535. The Hall–Kier alpha value is -2.07. The van der Waals surface area contributed by atoms with E-state index < -0.39 is 6.17 Å². The maximum Gasteiger partial charge on any atom is 0.127 e.